The lowest BCUT2D eigenvalue weighted by atomic mass is 10.1. The van der Waals surface area contributed by atoms with E-state index in [2.05, 4.69) is 45.7 Å². The van der Waals surface area contributed by atoms with Crippen molar-refractivity contribution in [2.75, 3.05) is 32.9 Å². The number of nitrogens with one attached hydrogen (secondary N) is 1. The average molecular weight is 504 g/mol. The number of nitrogens with zero attached hydrogens (tertiary/aromatic N) is 3. The first-order valence-corrected chi connectivity index (χ1v) is 10.2. The Hall–Kier alpha value is -1.29. The molecule has 1 aliphatic rings. The van der Waals surface area contributed by atoms with E-state index in [1.54, 1.807) is 11.8 Å². The summed E-state index contributed by atoms with van der Waals surface area (Å²) in [6.45, 7) is 4.28. The zero-order chi connectivity index (χ0) is 18.9. The van der Waals surface area contributed by atoms with Crippen LogP contribution in [0.2, 0.25) is 0 Å². The van der Waals surface area contributed by atoms with Gasteiger partial charge in [-0.05, 0) is 37.3 Å². The second-order valence-electron chi connectivity index (χ2n) is 6.23. The Bertz CT molecular complexity index is 636. The molecule has 6 nitrogen and oxygen atoms in total. The summed E-state index contributed by atoms with van der Waals surface area (Å²) < 4.78 is 0. The van der Waals surface area contributed by atoms with Gasteiger partial charge in [0, 0.05) is 44.4 Å². The lowest BCUT2D eigenvalue weighted by molar-refractivity contribution is -0.147. The van der Waals surface area contributed by atoms with Gasteiger partial charge < -0.3 is 10.2 Å². The standard InChI is InChI=1S/C19H28N4O2S.HI/c1-4-20-19(21-12-13-23-17(24)6-5-7-18(23)25)22(2)14-15-8-10-16(26-3)11-9-15;/h8-11H,4-7,12-14H2,1-3H3,(H,20,21);1H. The highest BCUT2D eigenvalue weighted by atomic mass is 127. The van der Waals surface area contributed by atoms with Gasteiger partial charge in [0.2, 0.25) is 11.8 Å². The molecule has 27 heavy (non-hydrogen) atoms. The van der Waals surface area contributed by atoms with Crippen LogP contribution in [-0.4, -0.2) is 60.5 Å². The van der Waals surface area contributed by atoms with Crippen molar-refractivity contribution in [3.63, 3.8) is 0 Å². The summed E-state index contributed by atoms with van der Waals surface area (Å²) >= 11 is 1.73. The number of guanidine groups is 1. The van der Waals surface area contributed by atoms with Gasteiger partial charge in [0.1, 0.15) is 0 Å². The number of aliphatic imine (C=N–C) groups is 1. The van der Waals surface area contributed by atoms with Crippen LogP contribution in [0.3, 0.4) is 0 Å². The van der Waals surface area contributed by atoms with Gasteiger partial charge >= 0.3 is 0 Å². The molecule has 1 aliphatic heterocycles. The van der Waals surface area contributed by atoms with Crippen LogP contribution in [0.4, 0.5) is 0 Å². The predicted molar refractivity (Wildman–Crippen MR) is 122 cm³/mol. The van der Waals surface area contributed by atoms with Crippen molar-refractivity contribution in [3.8, 4) is 0 Å². The molecule has 0 unspecified atom stereocenters. The van der Waals surface area contributed by atoms with Crippen molar-refractivity contribution < 1.29 is 9.59 Å². The fraction of sp³-hybridized carbons (Fsp3) is 0.526. The molecular formula is C19H29IN4O2S. The highest BCUT2D eigenvalue weighted by Crippen LogP contribution is 2.15. The summed E-state index contributed by atoms with van der Waals surface area (Å²) in [5.41, 5.74) is 1.21. The van der Waals surface area contributed by atoms with E-state index in [0.717, 1.165) is 19.0 Å². The Balaban J connectivity index is 0.00000364. The molecule has 1 fully saturated rings. The maximum absolute atomic E-state index is 11.9. The second kappa shape index (κ2) is 12.2. The van der Waals surface area contributed by atoms with Crippen molar-refractivity contribution >= 4 is 53.5 Å². The number of benzene rings is 1. The molecule has 1 saturated heterocycles. The molecule has 0 radical (unpaired) electrons. The van der Waals surface area contributed by atoms with Crippen molar-refractivity contribution in [3.05, 3.63) is 29.8 Å². The summed E-state index contributed by atoms with van der Waals surface area (Å²) in [5, 5.41) is 3.27. The molecule has 0 bridgehead atoms. The molecule has 1 aromatic carbocycles. The minimum Gasteiger partial charge on any atom is -0.357 e. The predicted octanol–water partition coefficient (Wildman–Crippen LogP) is 2.96. The van der Waals surface area contributed by atoms with E-state index in [4.69, 9.17) is 0 Å². The zero-order valence-electron chi connectivity index (χ0n) is 16.2. The normalized spacial score (nSPS) is 14.8. The number of carbonyl (C=O) groups is 2. The quantitative estimate of drug-likeness (QED) is 0.204. The molecule has 2 amide bonds. The largest absolute Gasteiger partial charge is 0.357 e. The zero-order valence-corrected chi connectivity index (χ0v) is 19.4. The number of rotatable bonds is 7. The molecule has 0 spiro atoms. The minimum atomic E-state index is -0.0799. The fourth-order valence-electron chi connectivity index (χ4n) is 2.85. The Morgan fingerprint density at radius 2 is 1.85 bits per heavy atom. The van der Waals surface area contributed by atoms with Crippen LogP contribution in [0.25, 0.3) is 0 Å². The topological polar surface area (TPSA) is 65.0 Å². The van der Waals surface area contributed by atoms with Gasteiger partial charge in [-0.3, -0.25) is 19.5 Å². The summed E-state index contributed by atoms with van der Waals surface area (Å²) in [6.07, 6.45) is 3.65. The van der Waals surface area contributed by atoms with Crippen molar-refractivity contribution in [1.29, 1.82) is 0 Å². The molecular weight excluding hydrogens is 475 g/mol. The molecule has 150 valence electrons. The van der Waals surface area contributed by atoms with Crippen LogP contribution in [0.5, 0.6) is 0 Å². The van der Waals surface area contributed by atoms with E-state index in [9.17, 15) is 9.59 Å². The van der Waals surface area contributed by atoms with Crippen LogP contribution in [0.1, 0.15) is 31.7 Å². The summed E-state index contributed by atoms with van der Waals surface area (Å²) in [5.74, 6) is 0.616. The smallest absolute Gasteiger partial charge is 0.229 e. The van der Waals surface area contributed by atoms with Gasteiger partial charge in [0.05, 0.1) is 6.54 Å². The number of hydrogen-bond donors (Lipinski definition) is 1. The molecule has 1 aromatic rings. The molecule has 2 rings (SSSR count). The third kappa shape index (κ3) is 7.33. The average Bonchev–Trinajstić information content (AvgIpc) is 2.64. The minimum absolute atomic E-state index is 0. The third-order valence-corrected chi connectivity index (χ3v) is 4.99. The maximum atomic E-state index is 11.9. The number of imide groups is 1. The van der Waals surface area contributed by atoms with E-state index in [1.807, 2.05) is 14.0 Å². The van der Waals surface area contributed by atoms with Crippen molar-refractivity contribution in [2.45, 2.75) is 37.6 Å². The van der Waals surface area contributed by atoms with E-state index in [0.29, 0.717) is 32.4 Å². The molecule has 1 heterocycles. The lowest BCUT2D eigenvalue weighted by Crippen LogP contribution is -2.42. The Morgan fingerprint density at radius 3 is 2.41 bits per heavy atom. The Kier molecular flexibility index (Phi) is 10.8. The van der Waals surface area contributed by atoms with Crippen LogP contribution < -0.4 is 5.32 Å². The van der Waals surface area contributed by atoms with Crippen LogP contribution in [-0.2, 0) is 16.1 Å². The molecule has 0 saturated carbocycles. The summed E-state index contributed by atoms with van der Waals surface area (Å²) in [7, 11) is 1.99. The molecule has 0 atom stereocenters. The van der Waals surface area contributed by atoms with Crippen LogP contribution in [0, 0.1) is 0 Å². The molecule has 1 N–H and O–H groups in total. The molecule has 0 aliphatic carbocycles. The lowest BCUT2D eigenvalue weighted by Gasteiger charge is -2.25. The summed E-state index contributed by atoms with van der Waals surface area (Å²) in [4.78, 5) is 33.0. The fourth-order valence-corrected chi connectivity index (χ4v) is 3.26. The number of thioether (sulfide) groups is 1. The highest BCUT2D eigenvalue weighted by molar-refractivity contribution is 14.0. The maximum Gasteiger partial charge on any atom is 0.229 e. The van der Waals surface area contributed by atoms with Crippen molar-refractivity contribution in [2.24, 2.45) is 4.99 Å². The van der Waals surface area contributed by atoms with Crippen LogP contribution >= 0.6 is 35.7 Å². The summed E-state index contributed by atoms with van der Waals surface area (Å²) in [6, 6.07) is 8.48. The number of amides is 2. The first-order chi connectivity index (χ1) is 12.5. The first kappa shape index (κ1) is 23.7. The number of halogens is 1. The Labute approximate surface area is 183 Å². The van der Waals surface area contributed by atoms with Gasteiger partial charge in [-0.2, -0.15) is 0 Å². The van der Waals surface area contributed by atoms with Gasteiger partial charge in [-0.15, -0.1) is 35.7 Å². The second-order valence-corrected chi connectivity index (χ2v) is 7.11. The van der Waals surface area contributed by atoms with Crippen LogP contribution in [0.15, 0.2) is 34.2 Å². The van der Waals surface area contributed by atoms with E-state index in [-0.39, 0.29) is 35.8 Å². The highest BCUT2D eigenvalue weighted by Gasteiger charge is 2.25. The number of likely N-dealkylation sites (tertiary alicyclic amines) is 1. The molecule has 8 heteroatoms. The Morgan fingerprint density at radius 1 is 1.22 bits per heavy atom. The number of piperidine rings is 1. The van der Waals surface area contributed by atoms with Gasteiger partial charge in [-0.1, -0.05) is 12.1 Å². The van der Waals surface area contributed by atoms with Crippen molar-refractivity contribution in [1.82, 2.24) is 15.1 Å². The monoisotopic (exact) mass is 504 g/mol. The third-order valence-electron chi connectivity index (χ3n) is 4.24. The SMILES string of the molecule is CCNC(=NCCN1C(=O)CCCC1=O)N(C)Cc1ccc(SC)cc1.I. The van der Waals surface area contributed by atoms with E-state index < -0.39 is 0 Å². The van der Waals surface area contributed by atoms with Gasteiger partial charge in [0.25, 0.3) is 0 Å². The van der Waals surface area contributed by atoms with Gasteiger partial charge in [-0.25, -0.2) is 0 Å². The van der Waals surface area contributed by atoms with E-state index in [1.165, 1.54) is 15.4 Å². The number of hydrogen-bond acceptors (Lipinski definition) is 4. The molecule has 0 aromatic heterocycles. The van der Waals surface area contributed by atoms with Gasteiger partial charge in [0.15, 0.2) is 5.96 Å². The number of carbonyl (C=O) groups excluding carboxylic acids is 2. The first-order valence-electron chi connectivity index (χ1n) is 9.00. The van der Waals surface area contributed by atoms with E-state index >= 15 is 0 Å².